The van der Waals surface area contributed by atoms with Gasteiger partial charge in [-0.3, -0.25) is 0 Å². The molecule has 0 saturated carbocycles. The Bertz CT molecular complexity index is 330. The van der Waals surface area contributed by atoms with Gasteiger partial charge in [0.05, 0.1) is 5.57 Å². The van der Waals surface area contributed by atoms with Crippen LogP contribution < -0.4 is 0 Å². The second-order valence-corrected chi connectivity index (χ2v) is 4.14. The molecule has 0 fully saturated rings. The Labute approximate surface area is 74.0 Å². The van der Waals surface area contributed by atoms with Crippen molar-refractivity contribution in [3.63, 3.8) is 0 Å². The lowest BCUT2D eigenvalue weighted by Gasteiger charge is -1.87. The van der Waals surface area contributed by atoms with Gasteiger partial charge in [0.2, 0.25) is 0 Å². The summed E-state index contributed by atoms with van der Waals surface area (Å²) in [6, 6.07) is 0. The van der Waals surface area contributed by atoms with Gasteiger partial charge >= 0.3 is 5.97 Å². The number of ether oxygens (including phenoxy) is 1. The summed E-state index contributed by atoms with van der Waals surface area (Å²) in [6.45, 7) is 0.426. The summed E-state index contributed by atoms with van der Waals surface area (Å²) in [6.07, 6.45) is 3.74. The molecule has 0 unspecified atom stereocenters. The van der Waals surface area contributed by atoms with Gasteiger partial charge in [-0.25, -0.2) is 4.79 Å². The van der Waals surface area contributed by atoms with Crippen LogP contribution in [0.15, 0.2) is 27.4 Å². The Morgan fingerprint density at radius 2 is 2.55 bits per heavy atom. The molecule has 0 atom stereocenters. The van der Waals surface area contributed by atoms with E-state index in [1.807, 2.05) is 16.2 Å². The van der Waals surface area contributed by atoms with Gasteiger partial charge in [0.15, 0.2) is 0 Å². The molecule has 0 amide bonds. The van der Waals surface area contributed by atoms with Crippen LogP contribution >= 0.6 is 20.7 Å². The van der Waals surface area contributed by atoms with Gasteiger partial charge in [-0.05, 0) is 37.0 Å². The van der Waals surface area contributed by atoms with Crippen LogP contribution in [0.4, 0.5) is 0 Å². The standard InChI is InChI=1S/C8H5IO2/c10-8-7-2-4-9-3-1-6(7)5-11-8/h1-2,4H,5H2. The predicted molar refractivity (Wildman–Crippen MR) is 50.7 cm³/mol. The number of halogens is 1. The van der Waals surface area contributed by atoms with E-state index >= 15 is 0 Å². The summed E-state index contributed by atoms with van der Waals surface area (Å²) in [7, 11) is 0. The van der Waals surface area contributed by atoms with E-state index in [0.29, 0.717) is 6.61 Å². The molecule has 3 heteroatoms. The zero-order valence-electron chi connectivity index (χ0n) is 5.63. The summed E-state index contributed by atoms with van der Waals surface area (Å²) < 4.78 is 10.00. The van der Waals surface area contributed by atoms with E-state index in [1.165, 1.54) is 0 Å². The minimum absolute atomic E-state index is 0.0944. The molecule has 2 aliphatic heterocycles. The normalized spacial score (nSPS) is 20.9. The van der Waals surface area contributed by atoms with Crippen LogP contribution in [-0.4, -0.2) is 16.2 Å². The van der Waals surface area contributed by atoms with Crippen molar-refractivity contribution < 1.29 is 9.53 Å². The van der Waals surface area contributed by atoms with Crippen molar-refractivity contribution in [2.24, 2.45) is 0 Å². The SMILES string of the molecule is O=C1OCC2=C1C=CI=C=C2. The number of hydrogen-bond acceptors (Lipinski definition) is 2. The minimum atomic E-state index is -0.194. The fourth-order valence-corrected chi connectivity index (χ4v) is 2.26. The van der Waals surface area contributed by atoms with Gasteiger partial charge in [-0.2, -0.15) is 0 Å². The second kappa shape index (κ2) is 2.75. The quantitative estimate of drug-likeness (QED) is 0.484. The molecule has 0 aromatic carbocycles. The molecule has 56 valence electrons. The third-order valence-corrected chi connectivity index (χ3v) is 2.90. The first-order valence-corrected chi connectivity index (χ1v) is 5.48. The molecular weight excluding hydrogens is 255 g/mol. The Hall–Kier alpha value is -0.670. The van der Waals surface area contributed by atoms with E-state index < -0.39 is 0 Å². The van der Waals surface area contributed by atoms with Crippen LogP contribution in [0, 0.1) is 0 Å². The molecule has 0 aromatic rings. The first kappa shape index (κ1) is 7.00. The van der Waals surface area contributed by atoms with E-state index in [0.717, 1.165) is 11.1 Å². The molecule has 0 radical (unpaired) electrons. The number of hydrogen-bond donors (Lipinski definition) is 0. The molecule has 0 N–H and O–H groups in total. The lowest BCUT2D eigenvalue weighted by atomic mass is 10.1. The first-order valence-electron chi connectivity index (χ1n) is 3.16. The van der Waals surface area contributed by atoms with Crippen molar-refractivity contribution in [3.8, 4) is 0 Å². The molecule has 0 aromatic heterocycles. The number of cyclic esters (lactones) is 1. The molecule has 2 nitrogen and oxygen atoms in total. The van der Waals surface area contributed by atoms with Crippen molar-refractivity contribution in [1.29, 1.82) is 0 Å². The fourth-order valence-electron chi connectivity index (χ4n) is 0.953. The van der Waals surface area contributed by atoms with Crippen molar-refractivity contribution in [2.75, 3.05) is 6.61 Å². The van der Waals surface area contributed by atoms with Gasteiger partial charge in [-0.15, -0.1) is 0 Å². The number of carbonyl (C=O) groups is 1. The molecule has 0 aliphatic carbocycles. The van der Waals surface area contributed by atoms with Crippen LogP contribution in [0.25, 0.3) is 0 Å². The van der Waals surface area contributed by atoms with Crippen molar-refractivity contribution >= 4 is 30.4 Å². The lowest BCUT2D eigenvalue weighted by Crippen LogP contribution is -1.95. The minimum Gasteiger partial charge on any atom is -0.457 e. The predicted octanol–water partition coefficient (Wildman–Crippen LogP) is 1.30. The number of rotatable bonds is 0. The van der Waals surface area contributed by atoms with Gasteiger partial charge in [-0.1, -0.05) is 3.67 Å². The fraction of sp³-hybridized carbons (Fsp3) is 0.125. The zero-order chi connectivity index (χ0) is 7.68. The summed E-state index contributed by atoms with van der Waals surface area (Å²) in [5.41, 5.74) is 1.69. The third-order valence-electron chi connectivity index (χ3n) is 1.51. The van der Waals surface area contributed by atoms with Gasteiger partial charge < -0.3 is 4.74 Å². The van der Waals surface area contributed by atoms with Crippen LogP contribution in [-0.2, 0) is 9.53 Å². The highest BCUT2D eigenvalue weighted by Gasteiger charge is 2.20. The van der Waals surface area contributed by atoms with E-state index in [2.05, 4.69) is 3.67 Å². The Balaban J connectivity index is 2.52. The molecule has 0 spiro atoms. The van der Waals surface area contributed by atoms with Gasteiger partial charge in [0.1, 0.15) is 6.61 Å². The summed E-state index contributed by atoms with van der Waals surface area (Å²) in [5.74, 6) is -0.194. The molecule has 2 rings (SSSR count). The lowest BCUT2D eigenvalue weighted by molar-refractivity contribution is -0.135. The van der Waals surface area contributed by atoms with E-state index in [1.54, 1.807) is 0 Å². The molecular formula is C8H5IO2. The first-order chi connectivity index (χ1) is 5.38. The molecule has 0 bridgehead atoms. The molecule has 0 saturated heterocycles. The summed E-state index contributed by atoms with van der Waals surface area (Å²) >= 11 is -0.0944. The van der Waals surface area contributed by atoms with E-state index in [9.17, 15) is 4.79 Å². The average Bonchev–Trinajstić information content (AvgIpc) is 2.25. The van der Waals surface area contributed by atoms with Crippen molar-refractivity contribution in [1.82, 2.24) is 0 Å². The van der Waals surface area contributed by atoms with Crippen molar-refractivity contribution in [3.05, 3.63) is 27.4 Å². The topological polar surface area (TPSA) is 26.3 Å². The maximum Gasteiger partial charge on any atom is 0.338 e. The maximum atomic E-state index is 11.0. The van der Waals surface area contributed by atoms with Crippen molar-refractivity contribution in [2.45, 2.75) is 0 Å². The maximum absolute atomic E-state index is 11.0. The van der Waals surface area contributed by atoms with Gasteiger partial charge in [0.25, 0.3) is 0 Å². The highest BCUT2D eigenvalue weighted by atomic mass is 127. The van der Waals surface area contributed by atoms with E-state index in [-0.39, 0.29) is 26.7 Å². The second-order valence-electron chi connectivity index (χ2n) is 2.17. The Morgan fingerprint density at radius 1 is 1.64 bits per heavy atom. The van der Waals surface area contributed by atoms with Gasteiger partial charge in [0, 0.05) is 5.57 Å². The number of esters is 1. The largest absolute Gasteiger partial charge is 0.457 e. The van der Waals surface area contributed by atoms with Crippen LogP contribution in [0.1, 0.15) is 0 Å². The van der Waals surface area contributed by atoms with Crippen LogP contribution in [0.3, 0.4) is 0 Å². The Kier molecular flexibility index (Phi) is 1.75. The third kappa shape index (κ3) is 1.21. The van der Waals surface area contributed by atoms with Crippen LogP contribution in [0.5, 0.6) is 0 Å². The smallest absolute Gasteiger partial charge is 0.338 e. The highest BCUT2D eigenvalue weighted by Crippen LogP contribution is 2.20. The van der Waals surface area contributed by atoms with E-state index in [4.69, 9.17) is 4.74 Å². The Morgan fingerprint density at radius 3 is 3.45 bits per heavy atom. The zero-order valence-corrected chi connectivity index (χ0v) is 7.79. The van der Waals surface area contributed by atoms with Crippen LogP contribution in [0.2, 0.25) is 0 Å². The molecule has 2 aliphatic rings. The molecule has 2 heterocycles. The average molecular weight is 260 g/mol. The number of carbonyl (C=O) groups excluding carboxylic acids is 1. The molecule has 11 heavy (non-hydrogen) atoms. The summed E-state index contributed by atoms with van der Waals surface area (Å²) in [4.78, 5) is 11.0. The summed E-state index contributed by atoms with van der Waals surface area (Å²) in [5, 5.41) is 0. The highest BCUT2D eigenvalue weighted by molar-refractivity contribution is 14.2. The monoisotopic (exact) mass is 260 g/mol.